The van der Waals surface area contributed by atoms with E-state index in [1.165, 1.54) is 0 Å². The van der Waals surface area contributed by atoms with E-state index in [4.69, 9.17) is 80.2 Å². The molecule has 0 saturated heterocycles. The number of nitrogens with zero attached hydrogens (tertiary/aromatic N) is 3. The van der Waals surface area contributed by atoms with E-state index in [0.29, 0.717) is 35.7 Å². The summed E-state index contributed by atoms with van der Waals surface area (Å²) in [6.07, 6.45) is 0. The standard InChI is InChI=1S/C7H4Cl3N3.C7H5Cl3O/c8-5-1-4(3-12-13-11)2-6(9)7(5)10;8-5-1-4(3-11)2-6(9)7(5)10/h1-2H,3H2;1-2,11H,3H2. The van der Waals surface area contributed by atoms with Crippen LogP contribution in [0.5, 0.6) is 0 Å². The van der Waals surface area contributed by atoms with Crippen LogP contribution in [0.15, 0.2) is 29.4 Å². The predicted molar refractivity (Wildman–Crippen MR) is 102 cm³/mol. The van der Waals surface area contributed by atoms with Gasteiger partial charge in [-0.25, -0.2) is 0 Å². The minimum atomic E-state index is -0.0867. The van der Waals surface area contributed by atoms with Crippen LogP contribution in [-0.2, 0) is 13.2 Å². The zero-order valence-electron chi connectivity index (χ0n) is 11.8. The van der Waals surface area contributed by atoms with Crippen LogP contribution in [0.25, 0.3) is 10.4 Å². The number of azide groups is 1. The summed E-state index contributed by atoms with van der Waals surface area (Å²) >= 11 is 34.2. The second-order valence-electron chi connectivity index (χ2n) is 4.29. The highest BCUT2D eigenvalue weighted by Crippen LogP contribution is 2.32. The number of halogens is 6. The molecule has 0 bridgehead atoms. The molecular weight excluding hydrogens is 439 g/mol. The summed E-state index contributed by atoms with van der Waals surface area (Å²) in [5, 5.41) is 14.2. The molecule has 0 aliphatic heterocycles. The fourth-order valence-electron chi connectivity index (χ4n) is 1.51. The molecule has 0 fully saturated rings. The molecule has 4 nitrogen and oxygen atoms in total. The first-order chi connectivity index (χ1) is 11.3. The first-order valence-corrected chi connectivity index (χ1v) is 8.45. The van der Waals surface area contributed by atoms with Crippen molar-refractivity contribution < 1.29 is 5.11 Å². The molecule has 2 aromatic rings. The van der Waals surface area contributed by atoms with Crippen molar-refractivity contribution in [3.63, 3.8) is 0 Å². The number of aliphatic hydroxyl groups excluding tert-OH is 1. The summed E-state index contributed by atoms with van der Waals surface area (Å²) in [5.41, 5.74) is 9.48. The second kappa shape index (κ2) is 10.4. The van der Waals surface area contributed by atoms with Crippen LogP contribution in [-0.4, -0.2) is 5.11 Å². The molecular formula is C14H9Cl6N3O. The molecule has 10 heteroatoms. The highest BCUT2D eigenvalue weighted by Gasteiger charge is 2.05. The van der Waals surface area contributed by atoms with Gasteiger partial charge in [-0.15, -0.1) is 0 Å². The molecule has 2 aromatic carbocycles. The van der Waals surface area contributed by atoms with Gasteiger partial charge < -0.3 is 5.11 Å². The molecule has 0 atom stereocenters. The van der Waals surface area contributed by atoms with Crippen molar-refractivity contribution in [1.29, 1.82) is 0 Å². The van der Waals surface area contributed by atoms with Gasteiger partial charge in [0.25, 0.3) is 0 Å². The Labute approximate surface area is 168 Å². The number of benzene rings is 2. The summed E-state index contributed by atoms with van der Waals surface area (Å²) < 4.78 is 0. The van der Waals surface area contributed by atoms with Crippen molar-refractivity contribution in [3.8, 4) is 0 Å². The summed E-state index contributed by atoms with van der Waals surface area (Å²) in [7, 11) is 0. The van der Waals surface area contributed by atoms with E-state index in [-0.39, 0.29) is 13.2 Å². The average molecular weight is 448 g/mol. The van der Waals surface area contributed by atoms with Crippen molar-refractivity contribution in [2.24, 2.45) is 5.11 Å². The Morgan fingerprint density at radius 3 is 1.50 bits per heavy atom. The Morgan fingerprint density at radius 1 is 0.792 bits per heavy atom. The van der Waals surface area contributed by atoms with Crippen LogP contribution in [0.2, 0.25) is 30.1 Å². The molecule has 0 spiro atoms. The Hall–Kier alpha value is -0.550. The fraction of sp³-hybridized carbons (Fsp3) is 0.143. The van der Waals surface area contributed by atoms with Gasteiger partial charge in [0.05, 0.1) is 43.3 Å². The van der Waals surface area contributed by atoms with Crippen LogP contribution in [0.1, 0.15) is 11.1 Å². The van der Waals surface area contributed by atoms with Crippen molar-refractivity contribution in [2.45, 2.75) is 13.2 Å². The van der Waals surface area contributed by atoms with Crippen molar-refractivity contribution >= 4 is 69.6 Å². The first-order valence-electron chi connectivity index (χ1n) is 6.18. The van der Waals surface area contributed by atoms with Gasteiger partial charge >= 0.3 is 0 Å². The van der Waals surface area contributed by atoms with Gasteiger partial charge in [0.2, 0.25) is 0 Å². The first kappa shape index (κ1) is 21.5. The van der Waals surface area contributed by atoms with Gasteiger partial charge in [-0.2, -0.15) is 0 Å². The second-order valence-corrected chi connectivity index (χ2v) is 6.68. The van der Waals surface area contributed by atoms with Crippen LogP contribution >= 0.6 is 69.6 Å². The third-order valence-electron chi connectivity index (χ3n) is 2.59. The largest absolute Gasteiger partial charge is 0.392 e. The third-order valence-corrected chi connectivity index (χ3v) is 4.98. The molecule has 0 heterocycles. The van der Waals surface area contributed by atoms with Gasteiger partial charge in [-0.1, -0.05) is 74.7 Å². The van der Waals surface area contributed by atoms with E-state index in [0.717, 1.165) is 5.56 Å². The number of rotatable bonds is 3. The number of hydrogen-bond donors (Lipinski definition) is 1. The number of aliphatic hydroxyl groups is 1. The van der Waals surface area contributed by atoms with Gasteiger partial charge in [-0.3, -0.25) is 0 Å². The summed E-state index contributed by atoms with van der Waals surface area (Å²) in [4.78, 5) is 2.62. The van der Waals surface area contributed by atoms with E-state index >= 15 is 0 Å². The molecule has 1 N–H and O–H groups in total. The van der Waals surface area contributed by atoms with Crippen molar-refractivity contribution in [2.75, 3.05) is 0 Å². The van der Waals surface area contributed by atoms with E-state index in [1.807, 2.05) is 0 Å². The third kappa shape index (κ3) is 6.40. The van der Waals surface area contributed by atoms with Crippen LogP contribution in [0.3, 0.4) is 0 Å². The Kier molecular flexibility index (Phi) is 9.35. The van der Waals surface area contributed by atoms with Gasteiger partial charge in [0, 0.05) is 4.91 Å². The summed E-state index contributed by atoms with van der Waals surface area (Å²) in [5.74, 6) is 0. The Morgan fingerprint density at radius 2 is 1.17 bits per heavy atom. The Balaban J connectivity index is 0.000000243. The molecule has 0 unspecified atom stereocenters. The van der Waals surface area contributed by atoms with E-state index in [1.54, 1.807) is 24.3 Å². The minimum absolute atomic E-state index is 0.0867. The molecule has 0 radical (unpaired) electrons. The van der Waals surface area contributed by atoms with Gasteiger partial charge in [-0.05, 0) is 40.9 Å². The lowest BCUT2D eigenvalue weighted by Crippen LogP contribution is -1.83. The predicted octanol–water partition coefficient (Wildman–Crippen LogP) is 7.60. The molecule has 0 aliphatic carbocycles. The SMILES string of the molecule is OCc1cc(Cl)c(Cl)c(Cl)c1.[N-]=[N+]=NCc1cc(Cl)c(Cl)c(Cl)c1. The fourth-order valence-corrected chi connectivity index (χ4v) is 2.79. The maximum Gasteiger partial charge on any atom is 0.0778 e. The Bertz CT molecular complexity index is 731. The van der Waals surface area contributed by atoms with Crippen molar-refractivity contribution in [3.05, 3.63) is 76.0 Å². The van der Waals surface area contributed by atoms with E-state index in [9.17, 15) is 0 Å². The van der Waals surface area contributed by atoms with E-state index < -0.39 is 0 Å². The van der Waals surface area contributed by atoms with Crippen LogP contribution in [0.4, 0.5) is 0 Å². The molecule has 0 amide bonds. The van der Waals surface area contributed by atoms with Crippen LogP contribution in [0, 0.1) is 0 Å². The lowest BCUT2D eigenvalue weighted by Gasteiger charge is -2.01. The highest BCUT2D eigenvalue weighted by atomic mass is 35.5. The smallest absolute Gasteiger partial charge is 0.0778 e. The van der Waals surface area contributed by atoms with Gasteiger partial charge in [0.15, 0.2) is 0 Å². The minimum Gasteiger partial charge on any atom is -0.392 e. The molecule has 0 aromatic heterocycles. The maximum absolute atomic E-state index is 8.72. The maximum atomic E-state index is 8.72. The molecule has 2 rings (SSSR count). The highest BCUT2D eigenvalue weighted by molar-refractivity contribution is 6.48. The number of hydrogen-bond acceptors (Lipinski definition) is 2. The van der Waals surface area contributed by atoms with Crippen LogP contribution < -0.4 is 0 Å². The molecule has 0 saturated carbocycles. The summed E-state index contributed by atoms with van der Waals surface area (Å²) in [6, 6.07) is 6.39. The lowest BCUT2D eigenvalue weighted by atomic mass is 10.2. The lowest BCUT2D eigenvalue weighted by molar-refractivity contribution is 0.282. The molecule has 128 valence electrons. The molecule has 0 aliphatic rings. The van der Waals surface area contributed by atoms with Crippen molar-refractivity contribution in [1.82, 2.24) is 0 Å². The quantitative estimate of drug-likeness (QED) is 0.224. The van der Waals surface area contributed by atoms with Gasteiger partial charge in [0.1, 0.15) is 0 Å². The summed E-state index contributed by atoms with van der Waals surface area (Å²) in [6.45, 7) is 0.129. The average Bonchev–Trinajstić information content (AvgIpc) is 2.55. The molecule has 24 heavy (non-hydrogen) atoms. The topological polar surface area (TPSA) is 69.0 Å². The zero-order chi connectivity index (χ0) is 18.3. The monoisotopic (exact) mass is 445 g/mol. The zero-order valence-corrected chi connectivity index (χ0v) is 16.3. The normalized spacial score (nSPS) is 9.79. The van der Waals surface area contributed by atoms with E-state index in [2.05, 4.69) is 10.0 Å².